The number of nitrogens with zero attached hydrogens (tertiary/aromatic N) is 3. The summed E-state index contributed by atoms with van der Waals surface area (Å²) in [7, 11) is 0. The molecule has 1 amide bonds. The molecule has 2 rings (SSSR count). The van der Waals surface area contributed by atoms with Crippen LogP contribution in [0.15, 0.2) is 10.1 Å². The number of carbonyl (C=O) groups is 1. The van der Waals surface area contributed by atoms with Crippen molar-refractivity contribution in [3.05, 3.63) is 0 Å². The fraction of sp³-hybridized carbons (Fsp3) is 0.625. The predicted octanol–water partition coefficient (Wildman–Crippen LogP) is -0.203. The zero-order valence-electron chi connectivity index (χ0n) is 7.64. The number of hydrogen-bond donors (Lipinski definition) is 1. The maximum atomic E-state index is 11.3. The van der Waals surface area contributed by atoms with E-state index >= 15 is 0 Å². The number of aliphatic imine (C=N–C) groups is 1. The van der Waals surface area contributed by atoms with Gasteiger partial charge in [-0.15, -0.1) is 0 Å². The molecule has 2 atom stereocenters. The highest BCUT2D eigenvalue weighted by atomic mass is 16.2. The van der Waals surface area contributed by atoms with Crippen molar-refractivity contribution in [3.8, 4) is 0 Å². The molecule has 0 bridgehead atoms. The first-order valence-electron chi connectivity index (χ1n) is 4.34. The van der Waals surface area contributed by atoms with Crippen molar-refractivity contribution < 1.29 is 4.79 Å². The van der Waals surface area contributed by atoms with E-state index in [0.29, 0.717) is 0 Å². The summed E-state index contributed by atoms with van der Waals surface area (Å²) >= 11 is 0. The number of carbonyl (C=O) groups excluding carboxylic acids is 1. The predicted molar refractivity (Wildman–Crippen MR) is 49.4 cm³/mol. The summed E-state index contributed by atoms with van der Waals surface area (Å²) in [5, 5.41) is 8.58. The van der Waals surface area contributed by atoms with Gasteiger partial charge in [0.2, 0.25) is 5.91 Å². The lowest BCUT2D eigenvalue weighted by molar-refractivity contribution is -0.123. The van der Waals surface area contributed by atoms with Crippen LogP contribution in [0.2, 0.25) is 0 Å². The molecule has 5 heteroatoms. The molecule has 2 unspecified atom stereocenters. The molecule has 0 saturated heterocycles. The van der Waals surface area contributed by atoms with E-state index in [-0.39, 0.29) is 24.0 Å². The zero-order chi connectivity index (χ0) is 9.42. The lowest BCUT2D eigenvalue weighted by atomic mass is 10.1. The van der Waals surface area contributed by atoms with Crippen molar-refractivity contribution >= 4 is 18.5 Å². The number of nitrogens with one attached hydrogen (secondary N) is 1. The minimum atomic E-state index is -0.215. The van der Waals surface area contributed by atoms with Crippen LogP contribution in [0.3, 0.4) is 0 Å². The van der Waals surface area contributed by atoms with Crippen LogP contribution in [0.4, 0.5) is 0 Å². The normalized spacial score (nSPS) is 31.0. The van der Waals surface area contributed by atoms with E-state index in [1.54, 1.807) is 6.21 Å². The minimum absolute atomic E-state index is 0.0214. The van der Waals surface area contributed by atoms with Crippen LogP contribution in [-0.2, 0) is 4.79 Å². The average molecular weight is 180 g/mol. The number of fused-ring (bicyclic) bond motifs is 1. The lowest BCUT2D eigenvalue weighted by Crippen LogP contribution is -2.46. The van der Waals surface area contributed by atoms with Crippen LogP contribution in [0, 0.1) is 5.92 Å². The molecule has 0 fully saturated rings. The summed E-state index contributed by atoms with van der Waals surface area (Å²) < 4.78 is 0. The van der Waals surface area contributed by atoms with E-state index < -0.39 is 0 Å². The Morgan fingerprint density at radius 2 is 2.38 bits per heavy atom. The summed E-state index contributed by atoms with van der Waals surface area (Å²) in [5.41, 5.74) is 0. The van der Waals surface area contributed by atoms with Gasteiger partial charge in [0.15, 0.2) is 6.17 Å². The molecule has 2 aliphatic rings. The van der Waals surface area contributed by atoms with E-state index in [9.17, 15) is 4.79 Å². The van der Waals surface area contributed by atoms with Gasteiger partial charge < -0.3 is 5.32 Å². The van der Waals surface area contributed by atoms with Crippen LogP contribution in [0.5, 0.6) is 0 Å². The molecular formula is C8H12N4O. The molecule has 0 saturated carbocycles. The summed E-state index contributed by atoms with van der Waals surface area (Å²) in [6.07, 6.45) is 2.98. The third kappa shape index (κ3) is 1.20. The molecular weight excluding hydrogens is 168 g/mol. The van der Waals surface area contributed by atoms with Gasteiger partial charge in [-0.3, -0.25) is 9.80 Å². The second-order valence-corrected chi connectivity index (χ2v) is 3.46. The van der Waals surface area contributed by atoms with Gasteiger partial charge in [0, 0.05) is 12.3 Å². The highest BCUT2D eigenvalue weighted by Gasteiger charge is 2.38. The number of hydrogen-bond acceptors (Lipinski definition) is 4. The maximum Gasteiger partial charge on any atom is 0.237 e. The van der Waals surface area contributed by atoms with Gasteiger partial charge in [-0.2, -0.15) is 5.10 Å². The van der Waals surface area contributed by atoms with Gasteiger partial charge >= 0.3 is 0 Å². The first-order valence-corrected chi connectivity index (χ1v) is 4.34. The first-order chi connectivity index (χ1) is 6.20. The zero-order valence-corrected chi connectivity index (χ0v) is 7.64. The molecule has 0 spiro atoms. The second kappa shape index (κ2) is 2.83. The third-order valence-electron chi connectivity index (χ3n) is 2.22. The molecule has 0 aromatic heterocycles. The van der Waals surface area contributed by atoms with Crippen molar-refractivity contribution in [1.82, 2.24) is 10.3 Å². The summed E-state index contributed by atoms with van der Waals surface area (Å²) in [6.45, 7) is 4.06. The molecule has 0 aromatic carbocycles. The van der Waals surface area contributed by atoms with Crippen LogP contribution < -0.4 is 5.32 Å². The summed E-state index contributed by atoms with van der Waals surface area (Å²) in [4.78, 5) is 15.5. The van der Waals surface area contributed by atoms with Crippen molar-refractivity contribution in [2.24, 2.45) is 16.0 Å². The minimum Gasteiger partial charge on any atom is -0.316 e. The fourth-order valence-corrected chi connectivity index (χ4v) is 1.54. The van der Waals surface area contributed by atoms with Crippen LogP contribution in [-0.4, -0.2) is 35.7 Å². The molecule has 2 aliphatic heterocycles. The molecule has 70 valence electrons. The Morgan fingerprint density at radius 3 is 3.08 bits per heavy atom. The molecule has 0 aliphatic carbocycles. The largest absolute Gasteiger partial charge is 0.316 e. The van der Waals surface area contributed by atoms with Crippen molar-refractivity contribution in [1.29, 1.82) is 0 Å². The van der Waals surface area contributed by atoms with Gasteiger partial charge in [-0.25, -0.2) is 4.99 Å². The SMILES string of the molecule is CC(C)N1N=CC2C(=O)NC=NC21. The maximum absolute atomic E-state index is 11.3. The van der Waals surface area contributed by atoms with Gasteiger partial charge in [0.05, 0.1) is 6.34 Å². The Labute approximate surface area is 76.5 Å². The molecule has 0 radical (unpaired) electrons. The summed E-state index contributed by atoms with van der Waals surface area (Å²) in [5.74, 6) is -0.237. The highest BCUT2D eigenvalue weighted by molar-refractivity contribution is 6.01. The van der Waals surface area contributed by atoms with Crippen molar-refractivity contribution in [3.63, 3.8) is 0 Å². The smallest absolute Gasteiger partial charge is 0.237 e. The number of amides is 1. The monoisotopic (exact) mass is 180 g/mol. The van der Waals surface area contributed by atoms with Crippen LogP contribution in [0.25, 0.3) is 0 Å². The van der Waals surface area contributed by atoms with E-state index in [0.717, 1.165) is 0 Å². The topological polar surface area (TPSA) is 57.1 Å². The van der Waals surface area contributed by atoms with Crippen molar-refractivity contribution in [2.75, 3.05) is 0 Å². The Kier molecular flexibility index (Phi) is 1.79. The van der Waals surface area contributed by atoms with E-state index in [2.05, 4.69) is 15.4 Å². The third-order valence-corrected chi connectivity index (χ3v) is 2.22. The molecule has 13 heavy (non-hydrogen) atoms. The fourth-order valence-electron chi connectivity index (χ4n) is 1.54. The first kappa shape index (κ1) is 8.22. The Balaban J connectivity index is 2.23. The molecule has 0 aromatic rings. The van der Waals surface area contributed by atoms with E-state index in [4.69, 9.17) is 0 Å². The Morgan fingerprint density at radius 1 is 1.62 bits per heavy atom. The second-order valence-electron chi connectivity index (χ2n) is 3.46. The van der Waals surface area contributed by atoms with Gasteiger partial charge in [0.1, 0.15) is 5.92 Å². The number of rotatable bonds is 1. The van der Waals surface area contributed by atoms with Crippen LogP contribution >= 0.6 is 0 Å². The quantitative estimate of drug-likeness (QED) is 0.607. The molecule has 1 N–H and O–H groups in total. The van der Waals surface area contributed by atoms with E-state index in [1.807, 2.05) is 18.9 Å². The molecule has 2 heterocycles. The van der Waals surface area contributed by atoms with Gasteiger partial charge in [0.25, 0.3) is 0 Å². The number of hydrazone groups is 1. The van der Waals surface area contributed by atoms with Crippen LogP contribution in [0.1, 0.15) is 13.8 Å². The standard InChI is InChI=1S/C8H12N4O/c1-5(2)12-7-6(3-11-12)8(13)10-4-9-7/h3-7H,1-2H3,(H,9,10,13). The lowest BCUT2D eigenvalue weighted by Gasteiger charge is -2.28. The Bertz CT molecular complexity index is 284. The van der Waals surface area contributed by atoms with Crippen molar-refractivity contribution in [2.45, 2.75) is 26.1 Å². The Hall–Kier alpha value is -1.39. The average Bonchev–Trinajstić information content (AvgIpc) is 2.48. The molecule has 5 nitrogen and oxygen atoms in total. The summed E-state index contributed by atoms with van der Waals surface area (Å²) in [6, 6.07) is 0.272. The van der Waals surface area contributed by atoms with Gasteiger partial charge in [-0.05, 0) is 13.8 Å². The van der Waals surface area contributed by atoms with E-state index in [1.165, 1.54) is 6.34 Å². The van der Waals surface area contributed by atoms with Gasteiger partial charge in [-0.1, -0.05) is 0 Å². The highest BCUT2D eigenvalue weighted by Crippen LogP contribution is 2.22.